The minimum atomic E-state index is -1.79. The molecule has 8 rings (SSSR count). The first kappa shape index (κ1) is 107. The number of carbonyl (C=O) groups is 18. The lowest BCUT2D eigenvalue weighted by Gasteiger charge is -2.36. The second-order valence-electron chi connectivity index (χ2n) is 34.7. The molecule has 5 heterocycles. The number of carboxylic acids is 1. The summed E-state index contributed by atoms with van der Waals surface area (Å²) in [6, 6.07) is 4.84. The molecule has 20 N–H and O–H groups in total. The fraction of sp³-hybridized carbons (Fsp3) is 0.527. The lowest BCUT2D eigenvalue weighted by molar-refractivity contribution is -0.149. The number of thioether (sulfide) groups is 1. The van der Waals surface area contributed by atoms with Crippen molar-refractivity contribution < 1.29 is 101 Å². The first-order valence-corrected chi connectivity index (χ1v) is 46.7. The number of fused-ring (bicyclic) bond motifs is 3. The molecule has 2 fully saturated rings. The second kappa shape index (κ2) is 52.4. The zero-order valence-corrected chi connectivity index (χ0v) is 78.6. The third kappa shape index (κ3) is 31.4. The summed E-state index contributed by atoms with van der Waals surface area (Å²) in [4.78, 5) is 278. The van der Waals surface area contributed by atoms with Gasteiger partial charge in [0.05, 0.1) is 31.9 Å². The summed E-state index contributed by atoms with van der Waals surface area (Å²) in [5, 5.41) is 45.7. The summed E-state index contributed by atoms with van der Waals surface area (Å²) in [5.74, 6) is -19.5. The Morgan fingerprint density at radius 2 is 1.15 bits per heavy atom. The van der Waals surface area contributed by atoms with E-state index < -0.39 is 235 Å². The van der Waals surface area contributed by atoms with Gasteiger partial charge in [-0.15, -0.1) is 11.8 Å². The molecule has 3 aromatic carbocycles. The summed E-state index contributed by atoms with van der Waals surface area (Å²) >= 11 is 0.794. The molecule has 13 atom stereocenters. The van der Waals surface area contributed by atoms with Gasteiger partial charge in [-0.2, -0.15) is 0 Å². The number of ketones is 1. The van der Waals surface area contributed by atoms with E-state index in [4.69, 9.17) is 21.9 Å². The van der Waals surface area contributed by atoms with E-state index in [1.54, 1.807) is 80.8 Å². The highest BCUT2D eigenvalue weighted by Gasteiger charge is 2.44. The Bertz CT molecular complexity index is 5140. The molecule has 41 nitrogen and oxygen atoms in total. The standard InChI is InChI=1S/C93H130N20O21S/c1-10-12-25-74-87(127)104-68(40-53(3)4)85(125)108-73(83(123)100-49-78(96)117)51-135-52-79(118)101-70(41-55-28-30-60(114)31-29-55)89(129)109(6)54(5)81(121)106-72(46-77(95)116)92(132)113-37-19-27-75(113)88(128)105-69(45-59-20-18-36-97-59)86(126)103-67(32-33-80(119)120)91(131)112(38-39-134-9)50-61(115)43-56(42-57-47-98-64-23-16-14-21-62(57)64)82(122)102-66(34-35-94)84(124)107-71(44-58-48-99-65-24-17-15-22-63(58)65)90(130)111(8)76(26-13-11-2)93(133)110(74)7/h14-18,20-24,28-31,36,47-48,53-54,56,66-76,97-99,114H,10-13,19,25-27,32-35,37-46,49-52,94H2,1-9H3,(H2,95,116)(H2,96,117)(H,100,123)(H,101,118)(H,102,122)(H,103,126)(H,104,127)(H,105,128)(H,106,121)(H,107,124)(H,108,125)(H,119,120)/t54-,56+,66-,67-,68-,69-,70-,71-,72-,73-,74-,75-,76-/m0/s1. The van der Waals surface area contributed by atoms with Crippen LogP contribution >= 0.6 is 11.8 Å². The fourth-order valence-electron chi connectivity index (χ4n) is 16.4. The number of para-hydroxylation sites is 2. The van der Waals surface area contributed by atoms with Gasteiger partial charge in [0, 0.05) is 131 Å². The summed E-state index contributed by atoms with van der Waals surface area (Å²) in [5.41, 5.74) is 20.7. The van der Waals surface area contributed by atoms with Gasteiger partial charge in [0.25, 0.3) is 0 Å². The van der Waals surface area contributed by atoms with E-state index in [0.29, 0.717) is 69.9 Å². The maximum absolute atomic E-state index is 15.8. The summed E-state index contributed by atoms with van der Waals surface area (Å²) < 4.78 is 5.41. The molecule has 2 aliphatic rings. The van der Waals surface area contributed by atoms with E-state index >= 15 is 38.4 Å². The molecule has 734 valence electrons. The zero-order chi connectivity index (χ0) is 98.9. The van der Waals surface area contributed by atoms with E-state index in [1.165, 1.54) is 75.4 Å². The number of phenols is 1. The number of hydrogen-bond acceptors (Lipinski definition) is 22. The van der Waals surface area contributed by atoms with Crippen LogP contribution in [0.5, 0.6) is 5.75 Å². The Hall–Kier alpha value is -13.3. The van der Waals surface area contributed by atoms with E-state index in [9.17, 15) is 58.2 Å². The number of primary amides is 2. The lowest BCUT2D eigenvalue weighted by atomic mass is 9.92. The van der Waals surface area contributed by atoms with Gasteiger partial charge >= 0.3 is 5.97 Å². The van der Waals surface area contributed by atoms with Crippen LogP contribution < -0.4 is 65.1 Å². The predicted molar refractivity (Wildman–Crippen MR) is 500 cm³/mol. The third-order valence-electron chi connectivity index (χ3n) is 24.0. The quantitative estimate of drug-likeness (QED) is 0.0299. The van der Waals surface area contributed by atoms with Crippen molar-refractivity contribution in [3.63, 3.8) is 0 Å². The number of aromatic nitrogens is 3. The normalized spacial score (nSPS) is 23.3. The van der Waals surface area contributed by atoms with E-state index in [2.05, 4.69) is 62.8 Å². The van der Waals surface area contributed by atoms with Gasteiger partial charge in [0.1, 0.15) is 78.3 Å². The molecule has 0 saturated carbocycles. The molecule has 0 aliphatic carbocycles. The number of aromatic amines is 3. The SMILES string of the molecule is CCCC[C@H]1C(=O)N(C)[C@@H](CCCC)C(=O)N[C@@H](CC(C)C)C(=O)N[C@H](C(=O)NCC(N)=O)CSCC(=O)N[C@@H](Cc2ccc(O)cc2)C(=O)N(C)[C@@H](C)C(=O)N[C@@H](CC(N)=O)C(=O)N2CCC[C@H]2C(=O)N[C@@H](Cc2ccc[nH]2)C(=O)N[C@@H](CCC(=O)O)C(=O)N(CCOC)CC(=O)C[C@@H](Cc2c[nH]c3ccccc23)C(=O)N[C@@H](CCN)C(=O)N[C@@H](Cc2c[nH]c3ccccc23)C(=O)N1C. The van der Waals surface area contributed by atoms with Crippen LogP contribution in [0.15, 0.2) is 104 Å². The molecule has 0 radical (unpaired) electrons. The van der Waals surface area contributed by atoms with E-state index in [0.717, 1.165) is 26.5 Å². The van der Waals surface area contributed by atoms with Gasteiger partial charge in [-0.05, 0) is 124 Å². The molecule has 2 saturated heterocycles. The number of hydrogen-bond donors (Lipinski definition) is 17. The molecule has 0 bridgehead atoms. The molecule has 135 heavy (non-hydrogen) atoms. The maximum Gasteiger partial charge on any atom is 0.303 e. The number of Topliss-reactive ketones (excluding diaryl/α,β-unsaturated/α-hetero) is 1. The van der Waals surface area contributed by atoms with Crippen LogP contribution in [0.25, 0.3) is 21.8 Å². The van der Waals surface area contributed by atoms with Crippen LogP contribution in [0, 0.1) is 11.8 Å². The van der Waals surface area contributed by atoms with Crippen molar-refractivity contribution in [2.24, 2.45) is 29.0 Å². The zero-order valence-electron chi connectivity index (χ0n) is 77.8. The number of H-pyrrole nitrogens is 3. The topological polar surface area (TPSA) is 607 Å². The Morgan fingerprint density at radius 1 is 0.570 bits per heavy atom. The third-order valence-corrected chi connectivity index (χ3v) is 25.0. The van der Waals surface area contributed by atoms with Crippen molar-refractivity contribution in [1.29, 1.82) is 0 Å². The fourth-order valence-corrected chi connectivity index (χ4v) is 17.3. The van der Waals surface area contributed by atoms with Crippen molar-refractivity contribution in [3.8, 4) is 5.75 Å². The van der Waals surface area contributed by atoms with Gasteiger partial charge in [0.15, 0.2) is 5.78 Å². The van der Waals surface area contributed by atoms with Crippen molar-refractivity contribution >= 4 is 140 Å². The number of nitrogens with zero attached hydrogens (tertiary/aromatic N) is 5. The summed E-state index contributed by atoms with van der Waals surface area (Å²) in [6.45, 7) is 6.15. The number of carbonyl (C=O) groups excluding carboxylic acids is 17. The second-order valence-corrected chi connectivity index (χ2v) is 35.7. The largest absolute Gasteiger partial charge is 0.508 e. The summed E-state index contributed by atoms with van der Waals surface area (Å²) in [7, 11) is 5.31. The van der Waals surface area contributed by atoms with Gasteiger partial charge in [-0.3, -0.25) is 86.3 Å². The number of carboxylic acid groups (broad SMARTS) is 1. The van der Waals surface area contributed by atoms with Gasteiger partial charge < -0.3 is 119 Å². The molecular weight excluding hydrogens is 1770 g/mol. The van der Waals surface area contributed by atoms with Crippen molar-refractivity contribution in [2.45, 2.75) is 223 Å². The van der Waals surface area contributed by atoms with Crippen LogP contribution in [0.1, 0.15) is 147 Å². The molecule has 0 unspecified atom stereocenters. The molecule has 6 aromatic rings. The Labute approximate surface area is 787 Å². The van der Waals surface area contributed by atoms with E-state index in [-0.39, 0.29) is 102 Å². The van der Waals surface area contributed by atoms with Crippen LogP contribution in [0.2, 0.25) is 0 Å². The van der Waals surface area contributed by atoms with Crippen LogP contribution in [0.4, 0.5) is 0 Å². The van der Waals surface area contributed by atoms with Gasteiger partial charge in [0.2, 0.25) is 94.5 Å². The highest BCUT2D eigenvalue weighted by atomic mass is 32.2. The molecule has 16 amide bonds. The predicted octanol–water partition coefficient (Wildman–Crippen LogP) is 0.238. The number of aliphatic carboxylic acids is 1. The molecular formula is C93H130N20O21S. The highest BCUT2D eigenvalue weighted by Crippen LogP contribution is 2.28. The van der Waals surface area contributed by atoms with Gasteiger partial charge in [-0.25, -0.2) is 0 Å². The van der Waals surface area contributed by atoms with Crippen LogP contribution in [0.3, 0.4) is 0 Å². The van der Waals surface area contributed by atoms with Crippen molar-refractivity contribution in [1.82, 2.24) is 87.3 Å². The number of phenolic OH excluding ortho intramolecular Hbond substituents is 1. The maximum atomic E-state index is 15.8. The smallest absolute Gasteiger partial charge is 0.303 e. The number of benzene rings is 3. The van der Waals surface area contributed by atoms with E-state index in [1.807, 2.05) is 19.9 Å². The minimum absolute atomic E-state index is 0.0373. The molecule has 2 aliphatic heterocycles. The first-order chi connectivity index (χ1) is 64.3. The number of nitrogens with two attached hydrogens (primary N) is 3. The number of nitrogens with one attached hydrogen (secondary N) is 12. The molecule has 42 heteroatoms. The van der Waals surface area contributed by atoms with Crippen LogP contribution in [-0.4, -0.2) is 308 Å². The monoisotopic (exact) mass is 1890 g/mol. The average molecular weight is 1900 g/mol. The minimum Gasteiger partial charge on any atom is -0.508 e. The molecule has 3 aromatic heterocycles. The number of aromatic hydroxyl groups is 1. The Kier molecular flexibility index (Phi) is 41.6. The number of ether oxygens (including phenoxy) is 1. The Morgan fingerprint density at radius 3 is 1.76 bits per heavy atom. The lowest BCUT2D eigenvalue weighted by Crippen LogP contribution is -2.60. The van der Waals surface area contributed by atoms with Gasteiger partial charge in [-0.1, -0.05) is 102 Å². The first-order valence-electron chi connectivity index (χ1n) is 45.5. The number of rotatable bonds is 29. The highest BCUT2D eigenvalue weighted by molar-refractivity contribution is 8.00. The average Bonchev–Trinajstić information content (AvgIpc) is 1.79. The summed E-state index contributed by atoms with van der Waals surface area (Å²) in [6.07, 6.45) is 2.84. The van der Waals surface area contributed by atoms with Crippen molar-refractivity contribution in [2.75, 3.05) is 79.1 Å². The molecule has 0 spiro atoms. The number of unbranched alkanes of at least 4 members (excludes halogenated alkanes) is 2. The van der Waals surface area contributed by atoms with Crippen LogP contribution in [-0.2, 0) is 117 Å². The number of methoxy groups -OCH3 is 1. The Balaban J connectivity index is 1.21. The number of likely N-dealkylation sites (N-methyl/N-ethyl adjacent to an activating group) is 3. The number of amides is 16. The van der Waals surface area contributed by atoms with Crippen molar-refractivity contribution in [3.05, 3.63) is 126 Å².